The molecule has 0 aromatic heterocycles. The van der Waals surface area contributed by atoms with Gasteiger partial charge in [0.2, 0.25) is 0 Å². The highest BCUT2D eigenvalue weighted by atomic mass is 16.7. The van der Waals surface area contributed by atoms with Crippen LogP contribution in [0.3, 0.4) is 0 Å². The molecular formula is C15H22O4. The molecule has 19 heavy (non-hydrogen) atoms. The average Bonchev–Trinajstić information content (AvgIpc) is 2.41. The van der Waals surface area contributed by atoms with E-state index in [0.717, 1.165) is 17.7 Å². The summed E-state index contributed by atoms with van der Waals surface area (Å²) in [6, 6.07) is 7.74. The minimum atomic E-state index is -0.175. The molecule has 1 aromatic carbocycles. The normalized spacial score (nSPS) is 11.9. The van der Waals surface area contributed by atoms with Crippen molar-refractivity contribution in [3.05, 3.63) is 29.8 Å². The second-order valence-electron chi connectivity index (χ2n) is 4.46. The van der Waals surface area contributed by atoms with Crippen LogP contribution in [-0.2, 0) is 14.3 Å². The van der Waals surface area contributed by atoms with Crippen molar-refractivity contribution in [3.8, 4) is 5.75 Å². The van der Waals surface area contributed by atoms with Crippen LogP contribution in [0.5, 0.6) is 5.75 Å². The summed E-state index contributed by atoms with van der Waals surface area (Å²) in [5.74, 6) is 0.547. The first kappa shape index (κ1) is 15.5. The van der Waals surface area contributed by atoms with Crippen molar-refractivity contribution in [2.24, 2.45) is 5.92 Å². The molecule has 0 aliphatic carbocycles. The van der Waals surface area contributed by atoms with Gasteiger partial charge in [-0.2, -0.15) is 0 Å². The third-order valence-electron chi connectivity index (χ3n) is 2.79. The zero-order chi connectivity index (χ0) is 14.1. The Balaban J connectivity index is 2.07. The highest BCUT2D eigenvalue weighted by Gasteiger charge is 2.11. The van der Waals surface area contributed by atoms with Gasteiger partial charge in [-0.1, -0.05) is 26.0 Å². The fraction of sp³-hybridized carbons (Fsp3) is 0.533. The molecule has 0 spiro atoms. The molecule has 0 heterocycles. The molecule has 0 radical (unpaired) electrons. The zero-order valence-corrected chi connectivity index (χ0v) is 11.8. The van der Waals surface area contributed by atoms with Gasteiger partial charge < -0.3 is 14.2 Å². The van der Waals surface area contributed by atoms with Gasteiger partial charge in [-0.15, -0.1) is 0 Å². The van der Waals surface area contributed by atoms with Crippen LogP contribution in [0.1, 0.15) is 25.8 Å². The molecule has 4 nitrogen and oxygen atoms in total. The maximum atomic E-state index is 11.4. The van der Waals surface area contributed by atoms with E-state index in [-0.39, 0.29) is 25.3 Å². The van der Waals surface area contributed by atoms with Crippen molar-refractivity contribution in [2.75, 3.05) is 20.0 Å². The number of hydrogen-bond donors (Lipinski definition) is 0. The summed E-state index contributed by atoms with van der Waals surface area (Å²) in [4.78, 5) is 11.4. The van der Waals surface area contributed by atoms with Crippen LogP contribution >= 0.6 is 0 Å². The van der Waals surface area contributed by atoms with Crippen LogP contribution in [-0.4, -0.2) is 26.0 Å². The molecule has 0 N–H and O–H groups in total. The number of carbonyl (C=O) groups is 1. The topological polar surface area (TPSA) is 44.8 Å². The van der Waals surface area contributed by atoms with Crippen LogP contribution < -0.4 is 4.74 Å². The Labute approximate surface area is 114 Å². The molecule has 0 aliphatic heterocycles. The Morgan fingerprint density at radius 1 is 1.32 bits per heavy atom. The van der Waals surface area contributed by atoms with E-state index in [0.29, 0.717) is 6.61 Å². The zero-order valence-electron chi connectivity index (χ0n) is 11.8. The van der Waals surface area contributed by atoms with E-state index in [1.807, 2.05) is 45.0 Å². The molecule has 1 atom stereocenters. The number of rotatable bonds is 8. The largest absolute Gasteiger partial charge is 0.468 e. The second-order valence-corrected chi connectivity index (χ2v) is 4.46. The summed E-state index contributed by atoms with van der Waals surface area (Å²) in [6.45, 7) is 6.57. The monoisotopic (exact) mass is 266 g/mol. The first-order valence-corrected chi connectivity index (χ1v) is 6.57. The number of ether oxygens (including phenoxy) is 3. The third kappa shape index (κ3) is 6.25. The number of benzene rings is 1. The minimum absolute atomic E-state index is 0.0523. The van der Waals surface area contributed by atoms with Gasteiger partial charge in [0.25, 0.3) is 0 Å². The van der Waals surface area contributed by atoms with E-state index >= 15 is 0 Å². The van der Waals surface area contributed by atoms with E-state index in [2.05, 4.69) is 0 Å². The molecule has 0 saturated heterocycles. The fourth-order valence-electron chi connectivity index (χ4n) is 1.38. The highest BCUT2D eigenvalue weighted by Crippen LogP contribution is 2.12. The Kier molecular flexibility index (Phi) is 6.97. The van der Waals surface area contributed by atoms with Crippen LogP contribution in [0.2, 0.25) is 0 Å². The van der Waals surface area contributed by atoms with Crippen LogP contribution in [0, 0.1) is 12.8 Å². The quantitative estimate of drug-likeness (QED) is 0.412. The van der Waals surface area contributed by atoms with E-state index in [9.17, 15) is 4.79 Å². The van der Waals surface area contributed by atoms with Gasteiger partial charge in [-0.3, -0.25) is 4.79 Å². The number of hydrogen-bond acceptors (Lipinski definition) is 4. The summed E-state index contributed by atoms with van der Waals surface area (Å²) in [5, 5.41) is 0. The van der Waals surface area contributed by atoms with Gasteiger partial charge in [-0.05, 0) is 31.0 Å². The SMILES string of the molecule is CCC(C)C(=O)OCCOCOc1cccc(C)c1. The van der Waals surface area contributed by atoms with Crippen molar-refractivity contribution < 1.29 is 19.0 Å². The summed E-state index contributed by atoms with van der Waals surface area (Å²) < 4.78 is 15.7. The molecule has 0 saturated carbocycles. The van der Waals surface area contributed by atoms with Crippen molar-refractivity contribution >= 4 is 5.97 Å². The van der Waals surface area contributed by atoms with E-state index in [4.69, 9.17) is 14.2 Å². The van der Waals surface area contributed by atoms with Crippen molar-refractivity contribution in [1.29, 1.82) is 0 Å². The lowest BCUT2D eigenvalue weighted by Crippen LogP contribution is -2.17. The molecule has 1 rings (SSSR count). The first-order chi connectivity index (χ1) is 9.13. The lowest BCUT2D eigenvalue weighted by atomic mass is 10.1. The predicted octanol–water partition coefficient (Wildman–Crippen LogP) is 2.94. The van der Waals surface area contributed by atoms with Gasteiger partial charge in [0.1, 0.15) is 12.4 Å². The van der Waals surface area contributed by atoms with Crippen LogP contribution in [0.4, 0.5) is 0 Å². The van der Waals surface area contributed by atoms with E-state index < -0.39 is 0 Å². The van der Waals surface area contributed by atoms with Gasteiger partial charge >= 0.3 is 5.97 Å². The molecule has 0 amide bonds. The summed E-state index contributed by atoms with van der Waals surface area (Å²) >= 11 is 0. The molecule has 0 bridgehead atoms. The van der Waals surface area contributed by atoms with E-state index in [1.54, 1.807) is 0 Å². The van der Waals surface area contributed by atoms with Crippen molar-refractivity contribution in [1.82, 2.24) is 0 Å². The van der Waals surface area contributed by atoms with E-state index in [1.165, 1.54) is 0 Å². The molecule has 1 aromatic rings. The molecular weight excluding hydrogens is 244 g/mol. The number of carbonyl (C=O) groups excluding carboxylic acids is 1. The first-order valence-electron chi connectivity index (χ1n) is 6.57. The standard InChI is InChI=1S/C15H22O4/c1-4-13(3)15(16)18-9-8-17-11-19-14-7-5-6-12(2)10-14/h5-7,10,13H,4,8-9,11H2,1-3H3. The molecule has 1 unspecified atom stereocenters. The van der Waals surface area contributed by atoms with Gasteiger partial charge in [0, 0.05) is 0 Å². The second kappa shape index (κ2) is 8.53. The van der Waals surface area contributed by atoms with Crippen molar-refractivity contribution in [2.45, 2.75) is 27.2 Å². The molecule has 4 heteroatoms. The molecule has 106 valence electrons. The average molecular weight is 266 g/mol. The maximum absolute atomic E-state index is 11.4. The highest BCUT2D eigenvalue weighted by molar-refractivity contribution is 5.71. The Bertz CT molecular complexity index is 389. The Hall–Kier alpha value is -1.55. The molecule has 0 fully saturated rings. The number of esters is 1. The van der Waals surface area contributed by atoms with Crippen molar-refractivity contribution in [3.63, 3.8) is 0 Å². The van der Waals surface area contributed by atoms with Gasteiger partial charge in [0.05, 0.1) is 12.5 Å². The van der Waals surface area contributed by atoms with Crippen LogP contribution in [0.25, 0.3) is 0 Å². The van der Waals surface area contributed by atoms with Gasteiger partial charge in [0.15, 0.2) is 6.79 Å². The van der Waals surface area contributed by atoms with Gasteiger partial charge in [-0.25, -0.2) is 0 Å². The Morgan fingerprint density at radius 3 is 2.79 bits per heavy atom. The molecule has 0 aliphatic rings. The lowest BCUT2D eigenvalue weighted by molar-refractivity contribution is -0.150. The summed E-state index contributed by atoms with van der Waals surface area (Å²) in [5.41, 5.74) is 1.14. The maximum Gasteiger partial charge on any atom is 0.308 e. The smallest absolute Gasteiger partial charge is 0.308 e. The fourth-order valence-corrected chi connectivity index (χ4v) is 1.38. The summed E-state index contributed by atoms with van der Waals surface area (Å²) in [7, 11) is 0. The number of aryl methyl sites for hydroxylation is 1. The van der Waals surface area contributed by atoms with Crippen LogP contribution in [0.15, 0.2) is 24.3 Å². The predicted molar refractivity (Wildman–Crippen MR) is 73.0 cm³/mol. The minimum Gasteiger partial charge on any atom is -0.468 e. The lowest BCUT2D eigenvalue weighted by Gasteiger charge is -2.10. The third-order valence-corrected chi connectivity index (χ3v) is 2.79. The summed E-state index contributed by atoms with van der Waals surface area (Å²) in [6.07, 6.45) is 0.788. The Morgan fingerprint density at radius 2 is 2.11 bits per heavy atom.